The largest absolute Gasteiger partial charge is 0.486 e. The fraction of sp³-hybridized carbons (Fsp3) is 0.583. The molecule has 28 heavy (non-hydrogen) atoms. The van der Waals surface area contributed by atoms with Gasteiger partial charge in [0.2, 0.25) is 0 Å². The van der Waals surface area contributed by atoms with E-state index in [1.54, 1.807) is 0 Å². The summed E-state index contributed by atoms with van der Waals surface area (Å²) in [5.74, 6) is -1.17. The number of aromatic nitrogens is 1. The van der Waals surface area contributed by atoms with Crippen LogP contribution in [0.3, 0.4) is 0 Å². The number of rotatable bonds is 4. The van der Waals surface area contributed by atoms with Gasteiger partial charge in [0.1, 0.15) is 24.4 Å². The van der Waals surface area contributed by atoms with Crippen LogP contribution in [-0.2, 0) is 31.6 Å². The fourth-order valence-corrected chi connectivity index (χ4v) is 9.72. The average molecular weight is 461 g/mol. The summed E-state index contributed by atoms with van der Waals surface area (Å²) >= 11 is 0. The van der Waals surface area contributed by atoms with Gasteiger partial charge in [-0.25, -0.2) is 13.2 Å². The Bertz CT molecular complexity index is 933. The second-order valence-corrected chi connectivity index (χ2v) is 12.5. The number of nitrogens with one attached hydrogen (secondary N) is 1. The van der Waals surface area contributed by atoms with E-state index in [4.69, 9.17) is 9.26 Å². The van der Waals surface area contributed by atoms with Crippen LogP contribution in [0.1, 0.15) is 17.2 Å². The molecule has 16 heteroatoms. The van der Waals surface area contributed by atoms with E-state index in [1.165, 1.54) is 19.2 Å². The molecular weight excluding hydrogens is 443 g/mol. The quantitative estimate of drug-likeness (QED) is 0.386. The number of H-pyrrole nitrogens is 1. The van der Waals surface area contributed by atoms with E-state index in [9.17, 15) is 38.5 Å². The van der Waals surface area contributed by atoms with Crippen LogP contribution in [0.25, 0.3) is 0 Å². The lowest BCUT2D eigenvalue weighted by Gasteiger charge is -2.28. The van der Waals surface area contributed by atoms with Gasteiger partial charge in [-0.15, -0.1) is 0 Å². The van der Waals surface area contributed by atoms with Crippen molar-refractivity contribution < 1.29 is 51.6 Å². The molecule has 3 heterocycles. The second-order valence-electron chi connectivity index (χ2n) is 6.34. The van der Waals surface area contributed by atoms with Crippen LogP contribution >= 0.6 is 23.0 Å². The minimum Gasteiger partial charge on any atom is -0.387 e. The molecule has 13 nitrogen and oxygen atoms in total. The summed E-state index contributed by atoms with van der Waals surface area (Å²) in [5.41, 5.74) is 0.369. The monoisotopic (exact) mass is 461 g/mol. The first-order valence-electron chi connectivity index (χ1n) is 7.83. The zero-order chi connectivity index (χ0) is 20.9. The smallest absolute Gasteiger partial charge is 0.387 e. The van der Waals surface area contributed by atoms with Crippen LogP contribution < -0.4 is 5.56 Å². The molecule has 158 valence electrons. The first kappa shape index (κ1) is 22.0. The molecule has 2 fully saturated rings. The van der Waals surface area contributed by atoms with Gasteiger partial charge in [-0.05, 0) is 13.0 Å². The second kappa shape index (κ2) is 7.54. The number of ether oxygens (including phenoxy) is 1. The number of pyridine rings is 1. The maximum absolute atomic E-state index is 12.4. The molecule has 2 aliphatic heterocycles. The molecule has 1 aromatic rings. The summed E-state index contributed by atoms with van der Waals surface area (Å²) in [4.78, 5) is 32.5. The van der Waals surface area contributed by atoms with E-state index in [2.05, 4.69) is 13.6 Å². The highest BCUT2D eigenvalue weighted by Crippen LogP contribution is 2.78. The highest BCUT2D eigenvalue weighted by molar-refractivity contribution is 7.81. The van der Waals surface area contributed by atoms with E-state index in [1.807, 2.05) is 0 Å². The summed E-state index contributed by atoms with van der Waals surface area (Å²) < 4.78 is 54.1. The van der Waals surface area contributed by atoms with Crippen LogP contribution in [-0.4, -0.2) is 55.8 Å². The molecule has 0 radical (unpaired) electrons. The molecule has 0 saturated carbocycles. The lowest BCUT2D eigenvalue weighted by molar-refractivity contribution is -0.0188. The third kappa shape index (κ3) is 4.72. The zero-order valence-corrected chi connectivity index (χ0v) is 17.0. The molecule has 2 aliphatic rings. The molecule has 0 aliphatic carbocycles. The standard InChI is InChI=1S/C12H18NO12P3/c1-6-2-7(3-13-12(6)16)11-10(15)9(14)8(23-11)4-22-27(19)5-26(17,18)24-28(20,21)25-27/h2-3,8-11,14-15H,4-5H2,1H3,(H,13,16)(H,17,18)(H,20,21)/t8-,9?,10+,11+,27?/m1/s1. The Kier molecular flexibility index (Phi) is 5.93. The summed E-state index contributed by atoms with van der Waals surface area (Å²) in [6.07, 6.45) is -3.94. The molecule has 4 unspecified atom stereocenters. The van der Waals surface area contributed by atoms with Gasteiger partial charge >= 0.3 is 23.0 Å². The average Bonchev–Trinajstić information content (AvgIpc) is 2.80. The van der Waals surface area contributed by atoms with Crippen molar-refractivity contribution in [1.29, 1.82) is 0 Å². The molecule has 1 aromatic heterocycles. The minimum atomic E-state index is -5.08. The third-order valence-electron chi connectivity index (χ3n) is 4.05. The Morgan fingerprint density at radius 2 is 1.89 bits per heavy atom. The Hall–Kier alpha value is -0.680. The minimum absolute atomic E-state index is 0.340. The Morgan fingerprint density at radius 1 is 1.21 bits per heavy atom. The zero-order valence-electron chi connectivity index (χ0n) is 14.3. The van der Waals surface area contributed by atoms with E-state index in [0.717, 1.165) is 0 Å². The number of hydrogen-bond donors (Lipinski definition) is 5. The number of aliphatic hydroxyl groups is 2. The van der Waals surface area contributed by atoms with Gasteiger partial charge in [-0.1, -0.05) is 0 Å². The summed E-state index contributed by atoms with van der Waals surface area (Å²) in [5, 5.41) is 20.3. The van der Waals surface area contributed by atoms with Crippen LogP contribution in [0.2, 0.25) is 0 Å². The van der Waals surface area contributed by atoms with Gasteiger partial charge in [0, 0.05) is 17.3 Å². The molecule has 0 spiro atoms. The number of aromatic amines is 1. The van der Waals surface area contributed by atoms with Gasteiger partial charge in [-0.3, -0.25) is 13.9 Å². The third-order valence-corrected chi connectivity index (χ3v) is 11.1. The van der Waals surface area contributed by atoms with Crippen LogP contribution in [0.5, 0.6) is 0 Å². The molecule has 0 bridgehead atoms. The van der Waals surface area contributed by atoms with Crippen molar-refractivity contribution in [2.75, 3.05) is 12.5 Å². The van der Waals surface area contributed by atoms with Crippen molar-refractivity contribution in [2.45, 2.75) is 31.3 Å². The lowest BCUT2D eigenvalue weighted by atomic mass is 10.0. The SMILES string of the molecule is Cc1cc([C@@H]2O[C@H](COP3(=O)CP(=O)(O)OP(=O)(O)O3)C(O)[C@@H]2O)c[nH]c1=O. The van der Waals surface area contributed by atoms with E-state index < -0.39 is 59.9 Å². The summed E-state index contributed by atoms with van der Waals surface area (Å²) in [6.45, 7) is 0.851. The van der Waals surface area contributed by atoms with E-state index in [-0.39, 0.29) is 5.56 Å². The lowest BCUT2D eigenvalue weighted by Crippen LogP contribution is -2.33. The predicted molar refractivity (Wildman–Crippen MR) is 91.7 cm³/mol. The highest BCUT2D eigenvalue weighted by atomic mass is 31.3. The number of aryl methyl sites for hydroxylation is 1. The normalized spacial score (nSPS) is 43.9. The number of phosphoric acid groups is 1. The van der Waals surface area contributed by atoms with Crippen LogP contribution in [0.15, 0.2) is 17.1 Å². The highest BCUT2D eigenvalue weighted by Gasteiger charge is 2.53. The van der Waals surface area contributed by atoms with Crippen molar-refractivity contribution in [3.63, 3.8) is 0 Å². The molecule has 5 N–H and O–H groups in total. The molecule has 0 amide bonds. The molecule has 0 aromatic carbocycles. The van der Waals surface area contributed by atoms with Gasteiger partial charge < -0.3 is 34.2 Å². The molecular formula is C12H18NO12P3. The number of hydrogen-bond acceptors (Lipinski definition) is 10. The van der Waals surface area contributed by atoms with E-state index in [0.29, 0.717) is 11.1 Å². The van der Waals surface area contributed by atoms with Crippen molar-refractivity contribution >= 4 is 23.0 Å². The maximum Gasteiger partial charge on any atom is 0.486 e. The van der Waals surface area contributed by atoms with Crippen molar-refractivity contribution in [1.82, 2.24) is 4.98 Å². The first-order chi connectivity index (χ1) is 12.8. The predicted octanol–water partition coefficient (Wildman–Crippen LogP) is 0.345. The summed E-state index contributed by atoms with van der Waals surface area (Å²) in [6, 6.07) is 1.45. The Labute approximate surface area is 157 Å². The Morgan fingerprint density at radius 3 is 2.50 bits per heavy atom. The summed E-state index contributed by atoms with van der Waals surface area (Å²) in [7, 11) is -14.3. The van der Waals surface area contributed by atoms with Crippen LogP contribution in [0, 0.1) is 6.92 Å². The van der Waals surface area contributed by atoms with Crippen molar-refractivity contribution in [2.24, 2.45) is 0 Å². The maximum atomic E-state index is 12.4. The molecule has 7 atom stereocenters. The Balaban J connectivity index is 1.72. The van der Waals surface area contributed by atoms with Crippen LogP contribution in [0.4, 0.5) is 0 Å². The fourth-order valence-electron chi connectivity index (χ4n) is 2.80. The van der Waals surface area contributed by atoms with Gasteiger partial charge in [0.25, 0.3) is 5.56 Å². The number of aliphatic hydroxyl groups excluding tert-OH is 2. The first-order valence-corrected chi connectivity index (χ1v) is 12.8. The van der Waals surface area contributed by atoms with Gasteiger partial charge in [0.05, 0.1) is 6.61 Å². The van der Waals surface area contributed by atoms with Gasteiger partial charge in [0.15, 0.2) is 5.90 Å². The van der Waals surface area contributed by atoms with E-state index >= 15 is 0 Å². The topological polar surface area (TPSA) is 202 Å². The van der Waals surface area contributed by atoms with Crippen molar-refractivity contribution in [3.05, 3.63) is 33.7 Å². The molecule has 3 rings (SSSR count). The van der Waals surface area contributed by atoms with Gasteiger partial charge in [-0.2, -0.15) is 0 Å². The molecule has 2 saturated heterocycles. The van der Waals surface area contributed by atoms with Crippen molar-refractivity contribution in [3.8, 4) is 0 Å².